The summed E-state index contributed by atoms with van der Waals surface area (Å²) in [6, 6.07) is 8.90. The number of aliphatic hydroxyl groups excluding tert-OH is 1. The molecule has 5 heteroatoms. The number of hydrogen-bond acceptors (Lipinski definition) is 5. The molecule has 0 bridgehead atoms. The number of hydrogen-bond donors (Lipinski definition) is 1. The van der Waals surface area contributed by atoms with Gasteiger partial charge in [-0.25, -0.2) is 0 Å². The summed E-state index contributed by atoms with van der Waals surface area (Å²) in [7, 11) is 4.11. The van der Waals surface area contributed by atoms with Crippen LogP contribution >= 0.6 is 0 Å². The van der Waals surface area contributed by atoms with Gasteiger partial charge in [-0.05, 0) is 43.6 Å². The molecule has 0 spiro atoms. The van der Waals surface area contributed by atoms with Gasteiger partial charge in [0.2, 0.25) is 0 Å². The van der Waals surface area contributed by atoms with E-state index in [1.54, 1.807) is 0 Å². The zero-order valence-corrected chi connectivity index (χ0v) is 17.9. The Bertz CT molecular complexity index is 557. The lowest BCUT2D eigenvalue weighted by atomic mass is 9.94. The number of benzene rings is 1. The maximum atomic E-state index is 9.50. The van der Waals surface area contributed by atoms with Crippen LogP contribution in [0.5, 0.6) is 5.75 Å². The van der Waals surface area contributed by atoms with Crippen LogP contribution < -0.4 is 4.74 Å². The Labute approximate surface area is 165 Å². The molecule has 1 aliphatic rings. The molecule has 5 nitrogen and oxygen atoms in total. The highest BCUT2D eigenvalue weighted by molar-refractivity contribution is 5.28. The summed E-state index contributed by atoms with van der Waals surface area (Å²) in [6.45, 7) is 13.9. The van der Waals surface area contributed by atoms with Crippen molar-refractivity contribution in [2.45, 2.75) is 39.8 Å². The third kappa shape index (κ3) is 8.18. The fraction of sp³-hybridized carbons (Fsp3) is 0.727. The molecule has 1 saturated heterocycles. The highest BCUT2D eigenvalue weighted by Gasteiger charge is 2.29. The summed E-state index contributed by atoms with van der Waals surface area (Å²) in [5.74, 6) is 0.952. The van der Waals surface area contributed by atoms with Crippen LogP contribution in [0, 0.1) is 5.41 Å². The standard InChI is InChI=1S/C22H39N3O2/c1-22(2,3)18-25-11-10-24(17-20(25)9-13-26)16-19-7-6-8-21(15-19)27-14-12-23(4)5/h6-8,15,20,26H,9-14,16-18H2,1-5H3/t20-/m0/s1. The Hall–Kier alpha value is -1.14. The summed E-state index contributed by atoms with van der Waals surface area (Å²) in [6.07, 6.45) is 0.847. The van der Waals surface area contributed by atoms with Crippen molar-refractivity contribution < 1.29 is 9.84 Å². The molecule has 1 aromatic rings. The molecule has 0 aromatic heterocycles. The van der Waals surface area contributed by atoms with Crippen molar-refractivity contribution in [1.82, 2.24) is 14.7 Å². The van der Waals surface area contributed by atoms with Crippen molar-refractivity contribution >= 4 is 0 Å². The molecule has 0 radical (unpaired) electrons. The second-order valence-corrected chi connectivity index (χ2v) is 9.23. The molecule has 1 heterocycles. The summed E-state index contributed by atoms with van der Waals surface area (Å²) >= 11 is 0. The average molecular weight is 378 g/mol. The van der Waals surface area contributed by atoms with Crippen LogP contribution in [0.25, 0.3) is 0 Å². The van der Waals surface area contributed by atoms with Crippen molar-refractivity contribution in [1.29, 1.82) is 0 Å². The minimum absolute atomic E-state index is 0.258. The monoisotopic (exact) mass is 377 g/mol. The van der Waals surface area contributed by atoms with Gasteiger partial charge in [0.25, 0.3) is 0 Å². The molecule has 1 aromatic carbocycles. The van der Waals surface area contributed by atoms with E-state index >= 15 is 0 Å². The molecule has 1 atom stereocenters. The van der Waals surface area contributed by atoms with Crippen LogP contribution in [-0.4, -0.2) is 85.9 Å². The van der Waals surface area contributed by atoms with E-state index in [9.17, 15) is 5.11 Å². The molecule has 1 N–H and O–H groups in total. The van der Waals surface area contributed by atoms with Crippen molar-refractivity contribution in [3.8, 4) is 5.75 Å². The van der Waals surface area contributed by atoms with Crippen molar-refractivity contribution in [3.63, 3.8) is 0 Å². The minimum atomic E-state index is 0.258. The number of ether oxygens (including phenoxy) is 1. The Morgan fingerprint density at radius 1 is 1.22 bits per heavy atom. The maximum absolute atomic E-state index is 9.50. The highest BCUT2D eigenvalue weighted by Crippen LogP contribution is 2.23. The third-order valence-corrected chi connectivity index (χ3v) is 4.94. The Kier molecular flexibility index (Phi) is 8.55. The van der Waals surface area contributed by atoms with Crippen LogP contribution in [0.15, 0.2) is 24.3 Å². The normalized spacial score (nSPS) is 19.6. The molecule has 154 valence electrons. The van der Waals surface area contributed by atoms with E-state index in [2.05, 4.69) is 67.8 Å². The van der Waals surface area contributed by atoms with Crippen LogP contribution in [0.2, 0.25) is 0 Å². The molecular formula is C22H39N3O2. The first kappa shape index (κ1) is 22.2. The average Bonchev–Trinajstić information content (AvgIpc) is 2.56. The van der Waals surface area contributed by atoms with Gasteiger partial charge in [-0.1, -0.05) is 32.9 Å². The third-order valence-electron chi connectivity index (χ3n) is 4.94. The van der Waals surface area contributed by atoms with E-state index in [1.807, 2.05) is 6.07 Å². The van der Waals surface area contributed by atoms with Gasteiger partial charge >= 0.3 is 0 Å². The summed E-state index contributed by atoms with van der Waals surface area (Å²) in [5, 5.41) is 9.50. The summed E-state index contributed by atoms with van der Waals surface area (Å²) < 4.78 is 5.88. The van der Waals surface area contributed by atoms with E-state index in [4.69, 9.17) is 4.74 Å². The first-order valence-corrected chi connectivity index (χ1v) is 10.2. The van der Waals surface area contributed by atoms with Crippen molar-refractivity contribution in [3.05, 3.63) is 29.8 Å². The fourth-order valence-corrected chi connectivity index (χ4v) is 3.68. The molecule has 0 aliphatic carbocycles. The molecule has 0 saturated carbocycles. The number of rotatable bonds is 9. The SMILES string of the molecule is CN(C)CCOc1cccc(CN2CCN(CC(C)(C)C)[C@@H](CCO)C2)c1. The Balaban J connectivity index is 1.91. The van der Waals surface area contributed by atoms with Gasteiger partial charge in [0.1, 0.15) is 12.4 Å². The van der Waals surface area contributed by atoms with Crippen LogP contribution in [-0.2, 0) is 6.54 Å². The van der Waals surface area contributed by atoms with Gasteiger partial charge in [-0.3, -0.25) is 9.80 Å². The zero-order valence-electron chi connectivity index (χ0n) is 17.9. The predicted molar refractivity (Wildman–Crippen MR) is 112 cm³/mol. The van der Waals surface area contributed by atoms with Gasteiger partial charge in [0.15, 0.2) is 0 Å². The Morgan fingerprint density at radius 3 is 2.67 bits per heavy atom. The van der Waals surface area contributed by atoms with Crippen molar-refractivity contribution in [2.24, 2.45) is 5.41 Å². The number of aliphatic hydroxyl groups is 1. The molecule has 2 rings (SSSR count). The molecule has 0 amide bonds. The van der Waals surface area contributed by atoms with E-state index in [1.165, 1.54) is 5.56 Å². The van der Waals surface area contributed by atoms with Crippen LogP contribution in [0.4, 0.5) is 0 Å². The van der Waals surface area contributed by atoms with Gasteiger partial charge in [0.05, 0.1) is 0 Å². The summed E-state index contributed by atoms with van der Waals surface area (Å²) in [5.41, 5.74) is 1.58. The maximum Gasteiger partial charge on any atom is 0.119 e. The lowest BCUT2D eigenvalue weighted by Gasteiger charge is -2.44. The lowest BCUT2D eigenvalue weighted by molar-refractivity contribution is 0.0339. The number of nitrogens with zero attached hydrogens (tertiary/aromatic N) is 3. The first-order chi connectivity index (χ1) is 12.8. The predicted octanol–water partition coefficient (Wildman–Crippen LogP) is 2.54. The van der Waals surface area contributed by atoms with Crippen LogP contribution in [0.1, 0.15) is 32.8 Å². The number of piperazine rings is 1. The number of likely N-dealkylation sites (N-methyl/N-ethyl adjacent to an activating group) is 1. The van der Waals surface area contributed by atoms with Gasteiger partial charge in [-0.15, -0.1) is 0 Å². The van der Waals surface area contributed by atoms with E-state index < -0.39 is 0 Å². The molecule has 1 aliphatic heterocycles. The zero-order chi connectivity index (χ0) is 19.9. The second kappa shape index (κ2) is 10.4. The van der Waals surface area contributed by atoms with Gasteiger partial charge in [0, 0.05) is 51.9 Å². The molecule has 0 unspecified atom stereocenters. The first-order valence-electron chi connectivity index (χ1n) is 10.2. The van der Waals surface area contributed by atoms with E-state index in [0.29, 0.717) is 12.6 Å². The van der Waals surface area contributed by atoms with Gasteiger partial charge < -0.3 is 14.7 Å². The second-order valence-electron chi connectivity index (χ2n) is 9.23. The Morgan fingerprint density at radius 2 is 2.00 bits per heavy atom. The van der Waals surface area contributed by atoms with E-state index in [-0.39, 0.29) is 12.0 Å². The highest BCUT2D eigenvalue weighted by atomic mass is 16.5. The minimum Gasteiger partial charge on any atom is -0.492 e. The topological polar surface area (TPSA) is 39.2 Å². The smallest absolute Gasteiger partial charge is 0.119 e. The van der Waals surface area contributed by atoms with Crippen molar-refractivity contribution in [2.75, 3.05) is 60.0 Å². The van der Waals surface area contributed by atoms with Gasteiger partial charge in [-0.2, -0.15) is 0 Å². The molecule has 27 heavy (non-hydrogen) atoms. The lowest BCUT2D eigenvalue weighted by Crippen LogP contribution is -2.54. The quantitative estimate of drug-likeness (QED) is 0.716. The largest absolute Gasteiger partial charge is 0.492 e. The summed E-state index contributed by atoms with van der Waals surface area (Å²) in [4.78, 5) is 7.20. The fourth-order valence-electron chi connectivity index (χ4n) is 3.68. The van der Waals surface area contributed by atoms with Crippen LogP contribution in [0.3, 0.4) is 0 Å². The van der Waals surface area contributed by atoms with E-state index in [0.717, 1.165) is 51.4 Å². The molecule has 1 fully saturated rings. The molecular weight excluding hydrogens is 338 g/mol.